The predicted octanol–water partition coefficient (Wildman–Crippen LogP) is 1.94. The van der Waals surface area contributed by atoms with Gasteiger partial charge in [0.1, 0.15) is 17.7 Å². The summed E-state index contributed by atoms with van der Waals surface area (Å²) in [7, 11) is 0. The van der Waals surface area contributed by atoms with E-state index in [0.717, 1.165) is 23.4 Å². The first-order valence-electron chi connectivity index (χ1n) is 5.10. The number of fused-ring (bicyclic) bond motifs is 1. The maximum absolute atomic E-state index is 4.43. The number of aromatic amines is 1. The summed E-state index contributed by atoms with van der Waals surface area (Å²) < 4.78 is 0. The summed E-state index contributed by atoms with van der Waals surface area (Å²) in [5.74, 6) is 0.918. The Labute approximate surface area is 92.4 Å². The summed E-state index contributed by atoms with van der Waals surface area (Å²) in [6.45, 7) is 0. The average molecular weight is 210 g/mol. The second kappa shape index (κ2) is 3.73. The van der Waals surface area contributed by atoms with Crippen molar-refractivity contribution >= 4 is 11.2 Å². The summed E-state index contributed by atoms with van der Waals surface area (Å²) in [5, 5.41) is 0. The second-order valence-corrected chi connectivity index (χ2v) is 3.60. The van der Waals surface area contributed by atoms with E-state index in [4.69, 9.17) is 0 Å². The third kappa shape index (κ3) is 1.65. The Morgan fingerprint density at radius 2 is 2.00 bits per heavy atom. The van der Waals surface area contributed by atoms with E-state index in [1.807, 2.05) is 18.2 Å². The molecule has 4 heteroatoms. The van der Waals surface area contributed by atoms with Crippen molar-refractivity contribution in [2.45, 2.75) is 6.42 Å². The van der Waals surface area contributed by atoms with E-state index in [1.165, 1.54) is 11.9 Å². The van der Waals surface area contributed by atoms with Crippen molar-refractivity contribution in [3.63, 3.8) is 0 Å². The Balaban J connectivity index is 1.95. The molecule has 16 heavy (non-hydrogen) atoms. The molecular formula is C12H10N4. The smallest absolute Gasteiger partial charge is 0.160 e. The summed E-state index contributed by atoms with van der Waals surface area (Å²) >= 11 is 0. The van der Waals surface area contributed by atoms with Crippen LogP contribution in [-0.2, 0) is 6.42 Å². The Hall–Kier alpha value is -2.23. The summed E-state index contributed by atoms with van der Waals surface area (Å²) in [6.07, 6.45) is 4.03. The van der Waals surface area contributed by atoms with Crippen molar-refractivity contribution in [2.75, 3.05) is 0 Å². The molecule has 2 aromatic heterocycles. The highest BCUT2D eigenvalue weighted by Crippen LogP contribution is 2.10. The molecular weight excluding hydrogens is 200 g/mol. The van der Waals surface area contributed by atoms with Crippen LogP contribution >= 0.6 is 0 Å². The molecule has 78 valence electrons. The number of H-pyrrole nitrogens is 1. The number of aromatic nitrogens is 4. The average Bonchev–Trinajstić information content (AvgIpc) is 2.72. The van der Waals surface area contributed by atoms with E-state index in [-0.39, 0.29) is 0 Å². The lowest BCUT2D eigenvalue weighted by Gasteiger charge is -1.95. The third-order valence-electron chi connectivity index (χ3n) is 2.43. The van der Waals surface area contributed by atoms with Gasteiger partial charge in [-0.2, -0.15) is 0 Å². The van der Waals surface area contributed by atoms with Crippen molar-refractivity contribution in [2.24, 2.45) is 0 Å². The van der Waals surface area contributed by atoms with Gasteiger partial charge in [-0.1, -0.05) is 30.3 Å². The van der Waals surface area contributed by atoms with Gasteiger partial charge in [0.25, 0.3) is 0 Å². The van der Waals surface area contributed by atoms with E-state index in [1.54, 1.807) is 6.20 Å². The number of nitrogens with one attached hydrogen (secondary N) is 1. The molecule has 0 amide bonds. The van der Waals surface area contributed by atoms with Crippen LogP contribution in [0.5, 0.6) is 0 Å². The highest BCUT2D eigenvalue weighted by atomic mass is 15.0. The number of rotatable bonds is 2. The highest BCUT2D eigenvalue weighted by molar-refractivity contribution is 5.68. The van der Waals surface area contributed by atoms with E-state index >= 15 is 0 Å². The van der Waals surface area contributed by atoms with Gasteiger partial charge in [-0.05, 0) is 5.56 Å². The van der Waals surface area contributed by atoms with Crippen LogP contribution in [0.2, 0.25) is 0 Å². The van der Waals surface area contributed by atoms with Crippen molar-refractivity contribution in [1.82, 2.24) is 19.9 Å². The van der Waals surface area contributed by atoms with E-state index in [0.29, 0.717) is 0 Å². The topological polar surface area (TPSA) is 54.5 Å². The zero-order valence-corrected chi connectivity index (χ0v) is 8.59. The van der Waals surface area contributed by atoms with Crippen LogP contribution in [0.3, 0.4) is 0 Å². The fourth-order valence-electron chi connectivity index (χ4n) is 1.68. The van der Waals surface area contributed by atoms with Gasteiger partial charge in [0.15, 0.2) is 5.65 Å². The minimum atomic E-state index is 0.789. The van der Waals surface area contributed by atoms with Gasteiger partial charge in [0.05, 0.1) is 6.20 Å². The quantitative estimate of drug-likeness (QED) is 0.703. The molecule has 3 rings (SSSR count). The Morgan fingerprint density at radius 3 is 2.81 bits per heavy atom. The first kappa shape index (κ1) is 9.03. The molecule has 0 aliphatic rings. The number of imidazole rings is 1. The fraction of sp³-hybridized carbons (Fsp3) is 0.0833. The fourth-order valence-corrected chi connectivity index (χ4v) is 1.68. The third-order valence-corrected chi connectivity index (χ3v) is 2.43. The summed E-state index contributed by atoms with van der Waals surface area (Å²) in [5.41, 5.74) is 2.84. The maximum Gasteiger partial charge on any atom is 0.160 e. The molecule has 0 radical (unpaired) electrons. The number of hydrogen-bond donors (Lipinski definition) is 1. The van der Waals surface area contributed by atoms with E-state index < -0.39 is 0 Å². The monoisotopic (exact) mass is 210 g/mol. The molecule has 3 aromatic rings. The van der Waals surface area contributed by atoms with Crippen LogP contribution in [0, 0.1) is 0 Å². The first-order chi connectivity index (χ1) is 7.92. The van der Waals surface area contributed by atoms with Crippen LogP contribution in [0.15, 0.2) is 42.9 Å². The molecule has 0 aliphatic heterocycles. The van der Waals surface area contributed by atoms with Crippen LogP contribution in [0.25, 0.3) is 11.2 Å². The molecule has 1 N–H and O–H groups in total. The second-order valence-electron chi connectivity index (χ2n) is 3.60. The minimum absolute atomic E-state index is 0.789. The number of hydrogen-bond acceptors (Lipinski definition) is 3. The maximum atomic E-state index is 4.43. The molecule has 0 bridgehead atoms. The van der Waals surface area contributed by atoms with Crippen LogP contribution in [0.4, 0.5) is 0 Å². The molecule has 0 saturated heterocycles. The molecule has 2 heterocycles. The van der Waals surface area contributed by atoms with Crippen LogP contribution in [0.1, 0.15) is 11.4 Å². The van der Waals surface area contributed by atoms with Gasteiger partial charge in [-0.15, -0.1) is 0 Å². The normalized spacial score (nSPS) is 10.8. The van der Waals surface area contributed by atoms with Crippen LogP contribution < -0.4 is 0 Å². The number of benzene rings is 1. The molecule has 0 aliphatic carbocycles. The minimum Gasteiger partial charge on any atom is -0.326 e. The highest BCUT2D eigenvalue weighted by Gasteiger charge is 2.03. The van der Waals surface area contributed by atoms with Gasteiger partial charge < -0.3 is 4.98 Å². The molecule has 0 saturated carbocycles. The standard InChI is InChI=1S/C12H10N4/c1-2-4-9(5-3-1)6-11-15-10-7-13-8-14-12(10)16-11/h1-5,7-8H,6H2,(H,13,14,15,16). The van der Waals surface area contributed by atoms with Gasteiger partial charge in [0, 0.05) is 6.42 Å². The van der Waals surface area contributed by atoms with Crippen LogP contribution in [-0.4, -0.2) is 19.9 Å². The lowest BCUT2D eigenvalue weighted by Crippen LogP contribution is -1.89. The Bertz CT molecular complexity index is 567. The molecule has 0 atom stereocenters. The van der Waals surface area contributed by atoms with Crippen molar-refractivity contribution in [3.8, 4) is 0 Å². The molecule has 1 aromatic carbocycles. The molecule has 4 nitrogen and oxygen atoms in total. The lowest BCUT2D eigenvalue weighted by molar-refractivity contribution is 1.03. The molecule has 0 unspecified atom stereocenters. The lowest BCUT2D eigenvalue weighted by atomic mass is 10.1. The van der Waals surface area contributed by atoms with Gasteiger partial charge in [-0.25, -0.2) is 15.0 Å². The van der Waals surface area contributed by atoms with Gasteiger partial charge in [-0.3, -0.25) is 0 Å². The van der Waals surface area contributed by atoms with Gasteiger partial charge in [0.2, 0.25) is 0 Å². The first-order valence-corrected chi connectivity index (χ1v) is 5.10. The Kier molecular flexibility index (Phi) is 2.11. The van der Waals surface area contributed by atoms with E-state index in [9.17, 15) is 0 Å². The zero-order valence-electron chi connectivity index (χ0n) is 8.59. The molecule has 0 spiro atoms. The van der Waals surface area contributed by atoms with Crippen molar-refractivity contribution in [1.29, 1.82) is 0 Å². The summed E-state index contributed by atoms with van der Waals surface area (Å²) in [4.78, 5) is 15.7. The molecule has 0 fully saturated rings. The van der Waals surface area contributed by atoms with E-state index in [2.05, 4.69) is 32.1 Å². The zero-order chi connectivity index (χ0) is 10.8. The largest absolute Gasteiger partial charge is 0.326 e. The Morgan fingerprint density at radius 1 is 1.12 bits per heavy atom. The van der Waals surface area contributed by atoms with Crippen molar-refractivity contribution in [3.05, 3.63) is 54.2 Å². The summed E-state index contributed by atoms with van der Waals surface area (Å²) in [6, 6.07) is 10.2. The number of nitrogens with zero attached hydrogens (tertiary/aromatic N) is 3. The SMILES string of the molecule is c1ccc(Cc2nc3cncnc3[nH]2)cc1. The van der Waals surface area contributed by atoms with Crippen molar-refractivity contribution < 1.29 is 0 Å². The van der Waals surface area contributed by atoms with Gasteiger partial charge >= 0.3 is 0 Å². The predicted molar refractivity (Wildman–Crippen MR) is 60.9 cm³/mol.